The molecule has 2 heterocycles. The quantitative estimate of drug-likeness (QED) is 0.315. The molecule has 2 unspecified atom stereocenters. The molecular formula is C27H33F8N5O3. The van der Waals surface area contributed by atoms with E-state index in [2.05, 4.69) is 20.6 Å². The van der Waals surface area contributed by atoms with Crippen molar-refractivity contribution in [1.29, 1.82) is 0 Å². The summed E-state index contributed by atoms with van der Waals surface area (Å²) in [5.74, 6) is -3.72. The molecular weight excluding hydrogens is 594 g/mol. The van der Waals surface area contributed by atoms with Gasteiger partial charge in [0.2, 0.25) is 5.95 Å². The van der Waals surface area contributed by atoms with Crippen molar-refractivity contribution in [3.8, 4) is 0 Å². The summed E-state index contributed by atoms with van der Waals surface area (Å²) < 4.78 is 98.2. The summed E-state index contributed by atoms with van der Waals surface area (Å²) in [5, 5.41) is 24.0. The Morgan fingerprint density at radius 3 is 2.19 bits per heavy atom. The number of fused-ring (bicyclic) bond motifs is 1. The molecule has 5 rings (SSSR count). The molecule has 1 aromatic carbocycles. The van der Waals surface area contributed by atoms with E-state index in [1.165, 1.54) is 6.07 Å². The number of nitrogens with one attached hydrogen (secondary N) is 2. The number of carbonyl (C=O) groups is 1. The summed E-state index contributed by atoms with van der Waals surface area (Å²) in [6.07, 6.45) is -2.65. The first-order valence-corrected chi connectivity index (χ1v) is 14.0. The summed E-state index contributed by atoms with van der Waals surface area (Å²) in [6.45, 7) is 0.180. The van der Waals surface area contributed by atoms with Crippen molar-refractivity contribution in [3.63, 3.8) is 0 Å². The van der Waals surface area contributed by atoms with E-state index in [0.29, 0.717) is 38.3 Å². The number of nitrogens with zero attached hydrogens (tertiary/aromatic N) is 3. The lowest BCUT2D eigenvalue weighted by Gasteiger charge is -2.51. The van der Waals surface area contributed by atoms with E-state index in [1.54, 1.807) is 0 Å². The number of halogens is 8. The van der Waals surface area contributed by atoms with Crippen molar-refractivity contribution in [2.45, 2.75) is 75.9 Å². The van der Waals surface area contributed by atoms with Gasteiger partial charge in [0.25, 0.3) is 0 Å². The predicted molar refractivity (Wildman–Crippen MR) is 141 cm³/mol. The van der Waals surface area contributed by atoms with E-state index < -0.39 is 42.6 Å². The smallest absolute Gasteiger partial charge is 0.475 e. The minimum atomic E-state index is -5.08. The Balaban J connectivity index is 0.000000541. The van der Waals surface area contributed by atoms with E-state index in [4.69, 9.17) is 9.90 Å². The van der Waals surface area contributed by atoms with Crippen LogP contribution in [0.4, 0.5) is 46.9 Å². The first kappa shape index (κ1) is 32.9. The summed E-state index contributed by atoms with van der Waals surface area (Å²) >= 11 is 0. The Labute approximate surface area is 241 Å². The highest BCUT2D eigenvalue weighted by molar-refractivity contribution is 5.91. The van der Waals surface area contributed by atoms with Crippen LogP contribution in [0.1, 0.15) is 51.4 Å². The SMILES string of the molecule is O=C(O)C(F)(F)F.OC1C(CNc2nc(N3CCC(NCC(F)(F)F)CC3)c3cc(F)cc(F)c3n2)CCCC12CCC2. The Morgan fingerprint density at radius 1 is 1.00 bits per heavy atom. The molecule has 2 atom stereocenters. The Hall–Kier alpha value is -3.01. The van der Waals surface area contributed by atoms with Gasteiger partial charge in [-0.2, -0.15) is 31.3 Å². The van der Waals surface area contributed by atoms with Crippen molar-refractivity contribution in [2.75, 3.05) is 36.4 Å². The van der Waals surface area contributed by atoms with Crippen LogP contribution in [0.5, 0.6) is 0 Å². The van der Waals surface area contributed by atoms with Crippen LogP contribution >= 0.6 is 0 Å². The maximum Gasteiger partial charge on any atom is 0.490 e. The van der Waals surface area contributed by atoms with Crippen LogP contribution in [0.3, 0.4) is 0 Å². The molecule has 0 amide bonds. The van der Waals surface area contributed by atoms with Crippen LogP contribution in [-0.4, -0.2) is 76.8 Å². The molecule has 240 valence electrons. The average Bonchev–Trinajstić information content (AvgIpc) is 2.90. The first-order chi connectivity index (χ1) is 20.1. The van der Waals surface area contributed by atoms with Crippen molar-refractivity contribution in [2.24, 2.45) is 11.3 Å². The molecule has 8 nitrogen and oxygen atoms in total. The van der Waals surface area contributed by atoms with Gasteiger partial charge < -0.3 is 25.7 Å². The fourth-order valence-electron chi connectivity index (χ4n) is 6.15. The minimum Gasteiger partial charge on any atom is -0.475 e. The Morgan fingerprint density at radius 2 is 1.63 bits per heavy atom. The van der Waals surface area contributed by atoms with E-state index in [9.17, 15) is 40.2 Å². The lowest BCUT2D eigenvalue weighted by molar-refractivity contribution is -0.192. The van der Waals surface area contributed by atoms with Crippen molar-refractivity contribution < 1.29 is 50.1 Å². The van der Waals surface area contributed by atoms with Gasteiger partial charge in [-0.05, 0) is 50.0 Å². The molecule has 0 bridgehead atoms. The van der Waals surface area contributed by atoms with Crippen molar-refractivity contribution in [3.05, 3.63) is 23.8 Å². The van der Waals surface area contributed by atoms with Crippen molar-refractivity contribution in [1.82, 2.24) is 15.3 Å². The molecule has 43 heavy (non-hydrogen) atoms. The van der Waals surface area contributed by atoms with Crippen LogP contribution in [0, 0.1) is 23.0 Å². The lowest BCUT2D eigenvalue weighted by atomic mass is 9.56. The average molecular weight is 628 g/mol. The van der Waals surface area contributed by atoms with E-state index in [1.807, 2.05) is 4.90 Å². The molecule has 4 N–H and O–H groups in total. The van der Waals surface area contributed by atoms with Crippen LogP contribution in [-0.2, 0) is 4.79 Å². The second-order valence-corrected chi connectivity index (χ2v) is 11.4. The number of aliphatic carboxylic acids is 1. The Kier molecular flexibility index (Phi) is 9.89. The lowest BCUT2D eigenvalue weighted by Crippen LogP contribution is -2.49. The maximum absolute atomic E-state index is 14.7. The minimum absolute atomic E-state index is 0.0131. The highest BCUT2D eigenvalue weighted by Crippen LogP contribution is 2.53. The second kappa shape index (κ2) is 12.9. The number of carboxylic acid groups (broad SMARTS) is 1. The summed E-state index contributed by atoms with van der Waals surface area (Å²) in [7, 11) is 0. The van der Waals surface area contributed by atoms with E-state index >= 15 is 0 Å². The van der Waals surface area contributed by atoms with Gasteiger partial charge >= 0.3 is 18.3 Å². The molecule has 2 aromatic rings. The Bertz CT molecular complexity index is 1280. The number of carboxylic acids is 1. The third-order valence-corrected chi connectivity index (χ3v) is 8.52. The number of benzene rings is 1. The number of hydrogen-bond donors (Lipinski definition) is 4. The number of alkyl halides is 6. The molecule has 1 aliphatic heterocycles. The third kappa shape index (κ3) is 8.13. The standard InChI is InChI=1S/C25H32F5N5O.C2HF3O2/c26-16-11-18-20(19(27)12-16)33-23(31-13-15-3-1-6-24(21(15)36)7-2-8-24)34-22(18)35-9-4-17(5-10-35)32-14-25(28,29)30;3-2(4,5)1(6)7/h11-12,15,17,21,32,36H,1-10,13-14H2,(H,31,33,34);(H,6,7). The largest absolute Gasteiger partial charge is 0.490 e. The summed E-state index contributed by atoms with van der Waals surface area (Å²) in [5.41, 5.74) is 0.00887. The topological polar surface area (TPSA) is 111 Å². The van der Waals surface area contributed by atoms with Gasteiger partial charge in [-0.15, -0.1) is 0 Å². The molecule has 3 aliphatic rings. The number of rotatable bonds is 6. The normalized spacial score (nSPS) is 22.6. The van der Waals surface area contributed by atoms with E-state index in [0.717, 1.165) is 44.6 Å². The molecule has 2 aliphatic carbocycles. The van der Waals surface area contributed by atoms with Crippen LogP contribution in [0.15, 0.2) is 12.1 Å². The zero-order valence-corrected chi connectivity index (χ0v) is 23.0. The number of anilines is 2. The van der Waals surface area contributed by atoms with Crippen LogP contribution in [0.2, 0.25) is 0 Å². The number of piperidine rings is 1. The van der Waals surface area contributed by atoms with Gasteiger partial charge in [-0.3, -0.25) is 0 Å². The molecule has 1 spiro atoms. The fourth-order valence-corrected chi connectivity index (χ4v) is 6.15. The van der Waals surface area contributed by atoms with Gasteiger partial charge in [0, 0.05) is 43.0 Å². The fraction of sp³-hybridized carbons (Fsp3) is 0.667. The second-order valence-electron chi connectivity index (χ2n) is 11.4. The number of hydrogen-bond acceptors (Lipinski definition) is 7. The van der Waals surface area contributed by atoms with Gasteiger partial charge in [-0.1, -0.05) is 12.8 Å². The van der Waals surface area contributed by atoms with Crippen LogP contribution < -0.4 is 15.5 Å². The zero-order chi connectivity index (χ0) is 31.6. The molecule has 0 radical (unpaired) electrons. The summed E-state index contributed by atoms with van der Waals surface area (Å²) in [6, 6.07) is 1.67. The molecule has 16 heteroatoms. The number of aliphatic hydroxyl groups excluding tert-OH is 1. The van der Waals surface area contributed by atoms with Crippen molar-refractivity contribution >= 4 is 28.6 Å². The summed E-state index contributed by atoms with van der Waals surface area (Å²) in [4.78, 5) is 19.6. The molecule has 1 aromatic heterocycles. The zero-order valence-electron chi connectivity index (χ0n) is 23.0. The van der Waals surface area contributed by atoms with Gasteiger partial charge in [0.05, 0.1) is 12.6 Å². The van der Waals surface area contributed by atoms with Gasteiger partial charge in [-0.25, -0.2) is 18.6 Å². The maximum atomic E-state index is 14.7. The molecule has 1 saturated heterocycles. The number of aromatic nitrogens is 2. The van der Waals surface area contributed by atoms with E-state index in [-0.39, 0.29) is 34.2 Å². The third-order valence-electron chi connectivity index (χ3n) is 8.52. The highest BCUT2D eigenvalue weighted by Gasteiger charge is 2.48. The molecule has 3 fully saturated rings. The van der Waals surface area contributed by atoms with Gasteiger partial charge in [0.1, 0.15) is 17.2 Å². The van der Waals surface area contributed by atoms with Gasteiger partial charge in [0.15, 0.2) is 5.82 Å². The highest BCUT2D eigenvalue weighted by atomic mass is 19.4. The predicted octanol–water partition coefficient (Wildman–Crippen LogP) is 5.41. The van der Waals surface area contributed by atoms with Crippen LogP contribution in [0.25, 0.3) is 10.9 Å². The number of aliphatic hydroxyl groups is 1. The molecule has 2 saturated carbocycles. The first-order valence-electron chi connectivity index (χ1n) is 14.0. The monoisotopic (exact) mass is 627 g/mol.